The fourth-order valence-electron chi connectivity index (χ4n) is 3.34. The summed E-state index contributed by atoms with van der Waals surface area (Å²) in [7, 11) is 1.48. The Morgan fingerprint density at radius 2 is 1.97 bits per heavy atom. The van der Waals surface area contributed by atoms with Crippen molar-refractivity contribution < 1.29 is 28.7 Å². The molecule has 0 bridgehead atoms. The first-order valence-electron chi connectivity index (χ1n) is 9.41. The molecule has 29 heavy (non-hydrogen) atoms. The molecule has 0 radical (unpaired) electrons. The summed E-state index contributed by atoms with van der Waals surface area (Å²) < 4.78 is 10.2. The van der Waals surface area contributed by atoms with Gasteiger partial charge in [0.1, 0.15) is 11.3 Å². The van der Waals surface area contributed by atoms with Crippen molar-refractivity contribution in [1.29, 1.82) is 0 Å². The molecule has 1 aromatic carbocycles. The maximum absolute atomic E-state index is 12.9. The summed E-state index contributed by atoms with van der Waals surface area (Å²) in [5.41, 5.74) is 0.160. The van der Waals surface area contributed by atoms with Gasteiger partial charge < -0.3 is 14.4 Å². The molecule has 154 valence electrons. The third-order valence-electron chi connectivity index (χ3n) is 4.87. The van der Waals surface area contributed by atoms with Crippen LogP contribution in [0.3, 0.4) is 0 Å². The number of ether oxygens (including phenoxy) is 2. The Labute approximate surface area is 168 Å². The molecule has 4 amide bonds. The second kappa shape index (κ2) is 8.76. The number of anilines is 1. The Morgan fingerprint density at radius 3 is 2.62 bits per heavy atom. The zero-order valence-electron chi connectivity index (χ0n) is 16.3. The average molecular weight is 401 g/mol. The van der Waals surface area contributed by atoms with E-state index < -0.39 is 17.8 Å². The third kappa shape index (κ3) is 4.39. The lowest BCUT2D eigenvalue weighted by Gasteiger charge is -2.32. The summed E-state index contributed by atoms with van der Waals surface area (Å²) in [6, 6.07) is 5.64. The fourth-order valence-corrected chi connectivity index (χ4v) is 3.34. The van der Waals surface area contributed by atoms with E-state index in [9.17, 15) is 19.2 Å². The van der Waals surface area contributed by atoms with Crippen LogP contribution in [0.5, 0.6) is 5.75 Å². The van der Waals surface area contributed by atoms with E-state index in [0.717, 1.165) is 4.90 Å². The summed E-state index contributed by atoms with van der Waals surface area (Å²) in [5, 5.41) is 2.20. The number of nitrogens with one attached hydrogen (secondary N) is 1. The van der Waals surface area contributed by atoms with Crippen LogP contribution in [0.15, 0.2) is 36.0 Å². The summed E-state index contributed by atoms with van der Waals surface area (Å²) in [4.78, 5) is 52.0. The van der Waals surface area contributed by atoms with Gasteiger partial charge in [0.2, 0.25) is 0 Å². The van der Waals surface area contributed by atoms with Gasteiger partial charge in [-0.05, 0) is 31.9 Å². The number of amides is 4. The number of benzene rings is 1. The van der Waals surface area contributed by atoms with E-state index in [1.165, 1.54) is 19.4 Å². The van der Waals surface area contributed by atoms with Crippen LogP contribution in [0.1, 0.15) is 19.8 Å². The lowest BCUT2D eigenvalue weighted by atomic mass is 9.97. The van der Waals surface area contributed by atoms with Gasteiger partial charge in [-0.3, -0.25) is 19.7 Å². The molecule has 1 N–H and O–H groups in total. The van der Waals surface area contributed by atoms with Crippen LogP contribution >= 0.6 is 0 Å². The first-order valence-corrected chi connectivity index (χ1v) is 9.41. The molecule has 2 heterocycles. The molecule has 1 aromatic rings. The van der Waals surface area contributed by atoms with Crippen molar-refractivity contribution in [1.82, 2.24) is 10.2 Å². The standard InChI is InChI=1S/C20H23N3O6/c1-3-29-19(26)13-7-9-22(10-8-13)12-16-17(24)21-20(27)23(18(16)25)14-5-4-6-15(11-14)28-2/h4-6,11-13H,3,7-10H2,1-2H3,(H,21,24,27)/b16-12+. The number of methoxy groups -OCH3 is 1. The van der Waals surface area contributed by atoms with Crippen molar-refractivity contribution in [3.05, 3.63) is 36.0 Å². The Hall–Kier alpha value is -3.36. The van der Waals surface area contributed by atoms with Gasteiger partial charge in [0.25, 0.3) is 11.8 Å². The van der Waals surface area contributed by atoms with Gasteiger partial charge in [0.05, 0.1) is 25.3 Å². The number of imide groups is 2. The first-order chi connectivity index (χ1) is 13.9. The van der Waals surface area contributed by atoms with Gasteiger partial charge in [-0.2, -0.15) is 0 Å². The van der Waals surface area contributed by atoms with Crippen molar-refractivity contribution in [3.63, 3.8) is 0 Å². The van der Waals surface area contributed by atoms with Crippen LogP contribution in [0, 0.1) is 5.92 Å². The highest BCUT2D eigenvalue weighted by atomic mass is 16.5. The predicted octanol–water partition coefficient (Wildman–Crippen LogP) is 1.44. The number of carbonyl (C=O) groups is 4. The molecular weight excluding hydrogens is 378 g/mol. The quantitative estimate of drug-likeness (QED) is 0.452. The van der Waals surface area contributed by atoms with E-state index in [2.05, 4.69) is 5.32 Å². The van der Waals surface area contributed by atoms with Crippen molar-refractivity contribution in [2.24, 2.45) is 5.92 Å². The highest BCUT2D eigenvalue weighted by Crippen LogP contribution is 2.25. The minimum atomic E-state index is -0.813. The maximum Gasteiger partial charge on any atom is 0.335 e. The van der Waals surface area contributed by atoms with Crippen LogP contribution in [0.4, 0.5) is 10.5 Å². The number of piperidine rings is 1. The van der Waals surface area contributed by atoms with E-state index in [0.29, 0.717) is 44.0 Å². The molecule has 0 aliphatic carbocycles. The minimum Gasteiger partial charge on any atom is -0.497 e. The summed E-state index contributed by atoms with van der Waals surface area (Å²) in [5.74, 6) is -1.38. The highest BCUT2D eigenvalue weighted by Gasteiger charge is 2.38. The average Bonchev–Trinajstić information content (AvgIpc) is 2.72. The molecular formula is C20H23N3O6. The van der Waals surface area contributed by atoms with E-state index in [-0.39, 0.29) is 17.5 Å². The zero-order valence-corrected chi connectivity index (χ0v) is 16.3. The maximum atomic E-state index is 12.9. The second-order valence-electron chi connectivity index (χ2n) is 6.71. The van der Waals surface area contributed by atoms with Gasteiger partial charge >= 0.3 is 12.0 Å². The van der Waals surface area contributed by atoms with Crippen molar-refractivity contribution >= 4 is 29.5 Å². The lowest BCUT2D eigenvalue weighted by molar-refractivity contribution is -0.149. The van der Waals surface area contributed by atoms with Crippen molar-refractivity contribution in [2.75, 3.05) is 31.7 Å². The largest absolute Gasteiger partial charge is 0.497 e. The molecule has 0 atom stereocenters. The number of esters is 1. The summed E-state index contributed by atoms with van der Waals surface area (Å²) in [6.45, 7) is 3.10. The fraction of sp³-hybridized carbons (Fsp3) is 0.400. The Bertz CT molecular complexity index is 858. The van der Waals surface area contributed by atoms with Gasteiger partial charge in [-0.15, -0.1) is 0 Å². The summed E-state index contributed by atoms with van der Waals surface area (Å²) in [6.07, 6.45) is 2.59. The number of urea groups is 1. The monoisotopic (exact) mass is 401 g/mol. The number of rotatable bonds is 5. The molecule has 2 aliphatic heterocycles. The number of carbonyl (C=O) groups excluding carboxylic acids is 4. The second-order valence-corrected chi connectivity index (χ2v) is 6.71. The van der Waals surface area contributed by atoms with Crippen LogP contribution < -0.4 is 15.0 Å². The van der Waals surface area contributed by atoms with Crippen molar-refractivity contribution in [2.45, 2.75) is 19.8 Å². The zero-order chi connectivity index (χ0) is 21.0. The van der Waals surface area contributed by atoms with Crippen molar-refractivity contribution in [3.8, 4) is 5.75 Å². The molecule has 9 nitrogen and oxygen atoms in total. The number of hydrogen-bond acceptors (Lipinski definition) is 7. The Balaban J connectivity index is 1.76. The molecule has 2 aliphatic rings. The SMILES string of the molecule is CCOC(=O)C1CCN(/C=C2\C(=O)NC(=O)N(c3cccc(OC)c3)C2=O)CC1. The van der Waals surface area contributed by atoms with E-state index >= 15 is 0 Å². The third-order valence-corrected chi connectivity index (χ3v) is 4.87. The minimum absolute atomic E-state index is 0.137. The smallest absolute Gasteiger partial charge is 0.335 e. The molecule has 2 saturated heterocycles. The molecule has 0 spiro atoms. The van der Waals surface area contributed by atoms with E-state index in [1.54, 1.807) is 25.1 Å². The number of barbiturate groups is 1. The van der Waals surface area contributed by atoms with Crippen LogP contribution in [-0.2, 0) is 19.1 Å². The Kier molecular flexibility index (Phi) is 6.16. The topological polar surface area (TPSA) is 105 Å². The number of likely N-dealkylation sites (tertiary alicyclic amines) is 1. The van der Waals surface area contributed by atoms with Gasteiger partial charge in [-0.25, -0.2) is 9.69 Å². The highest BCUT2D eigenvalue weighted by molar-refractivity contribution is 6.37. The molecule has 9 heteroatoms. The van der Waals surface area contributed by atoms with Gasteiger partial charge in [0, 0.05) is 25.4 Å². The number of hydrogen-bond donors (Lipinski definition) is 1. The van der Waals surface area contributed by atoms with Gasteiger partial charge in [-0.1, -0.05) is 6.07 Å². The molecule has 0 saturated carbocycles. The molecule has 2 fully saturated rings. The normalized spacial score (nSPS) is 19.4. The number of nitrogens with zero attached hydrogens (tertiary/aromatic N) is 2. The van der Waals surface area contributed by atoms with Gasteiger partial charge in [0.15, 0.2) is 0 Å². The lowest BCUT2D eigenvalue weighted by Crippen LogP contribution is -2.55. The van der Waals surface area contributed by atoms with Crippen LogP contribution in [0.25, 0.3) is 0 Å². The van der Waals surface area contributed by atoms with E-state index in [1.807, 2.05) is 4.90 Å². The van der Waals surface area contributed by atoms with E-state index in [4.69, 9.17) is 9.47 Å². The molecule has 0 unspecified atom stereocenters. The van der Waals surface area contributed by atoms with Crippen LogP contribution in [-0.4, -0.2) is 55.5 Å². The molecule has 3 rings (SSSR count). The first kappa shape index (κ1) is 20.4. The van der Waals surface area contributed by atoms with Crippen LogP contribution in [0.2, 0.25) is 0 Å². The Morgan fingerprint density at radius 1 is 1.24 bits per heavy atom. The summed E-state index contributed by atoms with van der Waals surface area (Å²) >= 11 is 0. The molecule has 0 aromatic heterocycles. The predicted molar refractivity (Wildman–Crippen MR) is 103 cm³/mol.